The van der Waals surface area contributed by atoms with Crippen molar-refractivity contribution in [1.29, 1.82) is 0 Å². The largest absolute Gasteiger partial charge is 0.465 e. The molecule has 1 amide bonds. The van der Waals surface area contributed by atoms with Gasteiger partial charge in [-0.3, -0.25) is 9.63 Å². The van der Waals surface area contributed by atoms with Gasteiger partial charge in [-0.25, -0.2) is 13.2 Å². The summed E-state index contributed by atoms with van der Waals surface area (Å²) in [6.45, 7) is -0.0838. The Labute approximate surface area is 163 Å². The van der Waals surface area contributed by atoms with Gasteiger partial charge in [-0.1, -0.05) is 16.6 Å². The number of hydroxylamine groups is 1. The number of nitrogens with one attached hydrogen (secondary N) is 2. The molecule has 0 saturated carbocycles. The maximum atomic E-state index is 12.2. The van der Waals surface area contributed by atoms with E-state index in [1.165, 1.54) is 45.5 Å². The molecule has 0 aliphatic heterocycles. The lowest BCUT2D eigenvalue weighted by Gasteiger charge is -2.14. The fourth-order valence-electron chi connectivity index (χ4n) is 2.25. The highest BCUT2D eigenvalue weighted by molar-refractivity contribution is 7.89. The average molecular weight is 407 g/mol. The zero-order valence-corrected chi connectivity index (χ0v) is 16.4. The summed E-state index contributed by atoms with van der Waals surface area (Å²) in [6.07, 6.45) is 0. The minimum atomic E-state index is -3.73. The molecule has 0 saturated heterocycles. The van der Waals surface area contributed by atoms with E-state index in [0.29, 0.717) is 11.4 Å². The molecule has 2 N–H and O–H groups in total. The SMILES string of the molecule is COC(=O)c1ccccc1NC(=O)CNc1ccc(S(=O)(=O)N(C)OC)cc1. The fourth-order valence-corrected chi connectivity index (χ4v) is 3.22. The highest BCUT2D eigenvalue weighted by Crippen LogP contribution is 2.18. The van der Waals surface area contributed by atoms with Gasteiger partial charge in [0.25, 0.3) is 10.0 Å². The van der Waals surface area contributed by atoms with Crippen LogP contribution in [0.3, 0.4) is 0 Å². The smallest absolute Gasteiger partial charge is 0.339 e. The molecule has 0 bridgehead atoms. The molecule has 0 radical (unpaired) electrons. The number of amides is 1. The summed E-state index contributed by atoms with van der Waals surface area (Å²) in [5.74, 6) is -0.936. The summed E-state index contributed by atoms with van der Waals surface area (Å²) in [5, 5.41) is 5.51. The summed E-state index contributed by atoms with van der Waals surface area (Å²) in [7, 11) is 0.0718. The Morgan fingerprint density at radius 1 is 1.04 bits per heavy atom. The van der Waals surface area contributed by atoms with Gasteiger partial charge in [-0.05, 0) is 36.4 Å². The number of hydrogen-bond acceptors (Lipinski definition) is 7. The van der Waals surface area contributed by atoms with Crippen molar-refractivity contribution in [3.8, 4) is 0 Å². The second-order valence-corrected chi connectivity index (χ2v) is 7.50. The number of carbonyl (C=O) groups is 2. The van der Waals surface area contributed by atoms with Crippen LogP contribution in [-0.4, -0.2) is 52.6 Å². The van der Waals surface area contributed by atoms with Gasteiger partial charge in [0.1, 0.15) is 0 Å². The summed E-state index contributed by atoms with van der Waals surface area (Å²) in [6, 6.07) is 12.4. The predicted molar refractivity (Wildman–Crippen MR) is 103 cm³/mol. The monoisotopic (exact) mass is 407 g/mol. The lowest BCUT2D eigenvalue weighted by molar-refractivity contribution is -0.114. The van der Waals surface area contributed by atoms with Crippen LogP contribution in [0, 0.1) is 0 Å². The Morgan fingerprint density at radius 3 is 2.29 bits per heavy atom. The van der Waals surface area contributed by atoms with Crippen molar-refractivity contribution in [2.75, 3.05) is 38.4 Å². The van der Waals surface area contributed by atoms with Gasteiger partial charge in [-0.2, -0.15) is 0 Å². The first-order chi connectivity index (χ1) is 13.3. The van der Waals surface area contributed by atoms with E-state index in [4.69, 9.17) is 4.84 Å². The second-order valence-electron chi connectivity index (χ2n) is 5.56. The first-order valence-corrected chi connectivity index (χ1v) is 9.57. The number of carbonyl (C=O) groups excluding carboxylic acids is 2. The molecule has 2 aromatic carbocycles. The van der Waals surface area contributed by atoms with Gasteiger partial charge in [0.15, 0.2) is 0 Å². The third-order valence-electron chi connectivity index (χ3n) is 3.81. The first kappa shape index (κ1) is 21.4. The average Bonchev–Trinajstić information content (AvgIpc) is 2.71. The van der Waals surface area contributed by atoms with Crippen LogP contribution in [0.15, 0.2) is 53.4 Å². The predicted octanol–water partition coefficient (Wildman–Crippen LogP) is 1.71. The molecule has 0 unspecified atom stereocenters. The van der Waals surface area contributed by atoms with Gasteiger partial charge in [0.05, 0.1) is 36.9 Å². The number of rotatable bonds is 8. The number of methoxy groups -OCH3 is 1. The molecular weight excluding hydrogens is 386 g/mol. The van der Waals surface area contributed by atoms with Crippen molar-refractivity contribution in [3.05, 3.63) is 54.1 Å². The molecular formula is C18H21N3O6S. The highest BCUT2D eigenvalue weighted by atomic mass is 32.2. The summed E-state index contributed by atoms with van der Waals surface area (Å²) >= 11 is 0. The van der Waals surface area contributed by atoms with Crippen LogP contribution in [-0.2, 0) is 24.4 Å². The normalized spacial score (nSPS) is 11.1. The number of hydrogen-bond donors (Lipinski definition) is 2. The fraction of sp³-hybridized carbons (Fsp3) is 0.222. The van der Waals surface area contributed by atoms with Crippen molar-refractivity contribution < 1.29 is 27.6 Å². The standard InChI is InChI=1S/C18H21N3O6S/c1-21(27-3)28(24,25)14-10-8-13(9-11-14)19-12-17(22)20-16-7-5-4-6-15(16)18(23)26-2/h4-11,19H,12H2,1-3H3,(H,20,22). The Balaban J connectivity index is 2.00. The van der Waals surface area contributed by atoms with Crippen LogP contribution in [0.4, 0.5) is 11.4 Å². The Morgan fingerprint density at radius 2 is 1.68 bits per heavy atom. The minimum Gasteiger partial charge on any atom is -0.465 e. The number of para-hydroxylation sites is 1. The topological polar surface area (TPSA) is 114 Å². The summed E-state index contributed by atoms with van der Waals surface area (Å²) < 4.78 is 29.7. The van der Waals surface area contributed by atoms with Crippen LogP contribution in [0.1, 0.15) is 10.4 Å². The molecule has 2 rings (SSSR count). The molecule has 9 nitrogen and oxygen atoms in total. The van der Waals surface area contributed by atoms with Gasteiger partial charge < -0.3 is 15.4 Å². The third kappa shape index (κ3) is 5.06. The number of benzene rings is 2. The van der Waals surface area contributed by atoms with Crippen LogP contribution < -0.4 is 10.6 Å². The van der Waals surface area contributed by atoms with Crippen molar-refractivity contribution >= 4 is 33.3 Å². The summed E-state index contributed by atoms with van der Waals surface area (Å²) in [5.41, 5.74) is 1.13. The Kier molecular flexibility index (Phi) is 7.10. The van der Waals surface area contributed by atoms with Crippen LogP contribution in [0.2, 0.25) is 0 Å². The molecule has 10 heteroatoms. The molecule has 2 aromatic rings. The number of esters is 1. The minimum absolute atomic E-state index is 0.0545. The third-order valence-corrected chi connectivity index (χ3v) is 5.50. The second kappa shape index (κ2) is 9.31. The van der Waals surface area contributed by atoms with Crippen LogP contribution >= 0.6 is 0 Å². The molecule has 0 aliphatic carbocycles. The quantitative estimate of drug-likeness (QED) is 0.506. The molecule has 0 fully saturated rings. The van der Waals surface area contributed by atoms with Crippen molar-refractivity contribution in [3.63, 3.8) is 0 Å². The number of anilines is 2. The summed E-state index contributed by atoms with van der Waals surface area (Å²) in [4.78, 5) is 28.7. The first-order valence-electron chi connectivity index (χ1n) is 8.13. The van der Waals surface area contributed by atoms with Crippen LogP contribution in [0.5, 0.6) is 0 Å². The van der Waals surface area contributed by atoms with E-state index in [0.717, 1.165) is 4.47 Å². The molecule has 28 heavy (non-hydrogen) atoms. The van der Waals surface area contributed by atoms with E-state index < -0.39 is 16.0 Å². The van der Waals surface area contributed by atoms with E-state index in [1.54, 1.807) is 24.3 Å². The lowest BCUT2D eigenvalue weighted by atomic mass is 10.2. The Bertz CT molecular complexity index is 944. The van der Waals surface area contributed by atoms with Crippen molar-refractivity contribution in [2.24, 2.45) is 0 Å². The van der Waals surface area contributed by atoms with E-state index in [-0.39, 0.29) is 22.9 Å². The van der Waals surface area contributed by atoms with Gasteiger partial charge in [0.2, 0.25) is 5.91 Å². The molecule has 0 aromatic heterocycles. The molecule has 0 heterocycles. The lowest BCUT2D eigenvalue weighted by Crippen LogP contribution is -2.25. The number of sulfonamides is 1. The van der Waals surface area contributed by atoms with Gasteiger partial charge in [-0.15, -0.1) is 0 Å². The van der Waals surface area contributed by atoms with E-state index in [2.05, 4.69) is 15.4 Å². The zero-order valence-electron chi connectivity index (χ0n) is 15.6. The Hall–Kier alpha value is -2.95. The molecule has 0 aliphatic rings. The number of nitrogens with zero attached hydrogens (tertiary/aromatic N) is 1. The maximum absolute atomic E-state index is 12.2. The molecule has 150 valence electrons. The highest BCUT2D eigenvalue weighted by Gasteiger charge is 2.20. The van der Waals surface area contributed by atoms with Crippen molar-refractivity contribution in [2.45, 2.75) is 4.90 Å². The van der Waals surface area contributed by atoms with Gasteiger partial charge in [0, 0.05) is 12.7 Å². The van der Waals surface area contributed by atoms with E-state index >= 15 is 0 Å². The van der Waals surface area contributed by atoms with Crippen molar-refractivity contribution in [1.82, 2.24) is 4.47 Å². The van der Waals surface area contributed by atoms with E-state index in [1.807, 2.05) is 0 Å². The van der Waals surface area contributed by atoms with E-state index in [9.17, 15) is 18.0 Å². The zero-order chi connectivity index (χ0) is 20.7. The van der Waals surface area contributed by atoms with Gasteiger partial charge >= 0.3 is 5.97 Å². The maximum Gasteiger partial charge on any atom is 0.339 e. The van der Waals surface area contributed by atoms with Crippen LogP contribution in [0.25, 0.3) is 0 Å². The molecule has 0 atom stereocenters. The number of ether oxygens (including phenoxy) is 1. The molecule has 0 spiro atoms.